The third kappa shape index (κ3) is 4.45. The average Bonchev–Trinajstić information content (AvgIpc) is 3.35. The van der Waals surface area contributed by atoms with Crippen molar-refractivity contribution in [3.05, 3.63) is 105 Å². The van der Waals surface area contributed by atoms with Crippen LogP contribution in [0, 0.1) is 6.92 Å². The number of ether oxygens (including phenoxy) is 1. The lowest BCUT2D eigenvalue weighted by atomic mass is 10.1. The summed E-state index contributed by atoms with van der Waals surface area (Å²) < 4.78 is 6.33. The van der Waals surface area contributed by atoms with Crippen LogP contribution in [0.25, 0.3) is 17.1 Å². The minimum atomic E-state index is -0.732. The molecule has 2 aromatic carbocycles. The Kier molecular flexibility index (Phi) is 6.49. The second-order valence-electron chi connectivity index (χ2n) is 8.48. The van der Waals surface area contributed by atoms with Crippen LogP contribution in [0.1, 0.15) is 45.2 Å². The number of hydrogen-bond acceptors (Lipinski definition) is 7. The molecule has 0 bridgehead atoms. The average molecular weight is 483 g/mol. The van der Waals surface area contributed by atoms with Gasteiger partial charge < -0.3 is 14.9 Å². The fourth-order valence-corrected chi connectivity index (χ4v) is 4.34. The molecule has 0 spiro atoms. The number of nitrogens with zero attached hydrogens (tertiary/aromatic N) is 3. The van der Waals surface area contributed by atoms with E-state index in [1.54, 1.807) is 13.8 Å². The molecule has 0 saturated heterocycles. The van der Waals surface area contributed by atoms with Crippen LogP contribution in [0.2, 0.25) is 0 Å². The number of pyridine rings is 1. The summed E-state index contributed by atoms with van der Waals surface area (Å²) in [4.78, 5) is 41.3. The van der Waals surface area contributed by atoms with E-state index in [1.165, 1.54) is 17.5 Å². The zero-order chi connectivity index (χ0) is 25.1. The molecular formula is C28H26N4O4. The number of nitrogens with one attached hydrogen (secondary N) is 1. The molecule has 5 rings (SSSR count). The fraction of sp³-hybridized carbons (Fsp3) is 0.214. The van der Waals surface area contributed by atoms with Crippen molar-refractivity contribution in [2.45, 2.75) is 33.4 Å². The molecule has 0 saturated carbocycles. The lowest BCUT2D eigenvalue weighted by molar-refractivity contribution is 0.0513. The number of aryl methyl sites for hydroxylation is 1. The summed E-state index contributed by atoms with van der Waals surface area (Å²) in [7, 11) is 0. The lowest BCUT2D eigenvalue weighted by Gasteiger charge is -2.19. The topological polar surface area (TPSA) is 95.3 Å². The van der Waals surface area contributed by atoms with Crippen molar-refractivity contribution in [1.82, 2.24) is 14.7 Å². The minimum Gasteiger partial charge on any atom is -0.462 e. The molecule has 0 atom stereocenters. The predicted octanol–water partition coefficient (Wildman–Crippen LogP) is 4.09. The summed E-state index contributed by atoms with van der Waals surface area (Å²) >= 11 is 0. The molecule has 1 aliphatic carbocycles. The Morgan fingerprint density at radius 3 is 2.75 bits per heavy atom. The van der Waals surface area contributed by atoms with Crippen molar-refractivity contribution < 1.29 is 14.4 Å². The first-order valence-electron chi connectivity index (χ1n) is 11.8. The van der Waals surface area contributed by atoms with Crippen molar-refractivity contribution >= 4 is 28.8 Å². The Hall–Kier alpha value is -4.46. The van der Waals surface area contributed by atoms with E-state index in [0.717, 1.165) is 22.3 Å². The van der Waals surface area contributed by atoms with Crippen molar-refractivity contribution in [1.29, 1.82) is 0 Å². The molecule has 36 heavy (non-hydrogen) atoms. The Labute approximate surface area is 208 Å². The van der Waals surface area contributed by atoms with E-state index in [2.05, 4.69) is 39.6 Å². The highest BCUT2D eigenvalue weighted by molar-refractivity contribution is 6.04. The standard InChI is InChI=1S/C28H26N4O4/c1-3-35-28(34)24-25(29-15-20-12-13-21-10-7-11-22(21)14-20)23-18(2)30-17-31-26(23)32(27(24)33)36-16-19-8-5-4-6-9-19/h4-9,11-14,17,29H,3,10,15-16H2,1-2H3. The van der Waals surface area contributed by atoms with Crippen LogP contribution in [-0.4, -0.2) is 27.3 Å². The molecule has 0 unspecified atom stereocenters. The smallest absolute Gasteiger partial charge is 0.346 e. The van der Waals surface area contributed by atoms with Crippen LogP contribution < -0.4 is 15.7 Å². The summed E-state index contributed by atoms with van der Waals surface area (Å²) in [6, 6.07) is 15.7. The van der Waals surface area contributed by atoms with E-state index in [0.29, 0.717) is 23.3 Å². The highest BCUT2D eigenvalue weighted by Gasteiger charge is 2.26. The van der Waals surface area contributed by atoms with Gasteiger partial charge in [0.25, 0.3) is 0 Å². The summed E-state index contributed by atoms with van der Waals surface area (Å²) in [6.45, 7) is 4.14. The van der Waals surface area contributed by atoms with Crippen LogP contribution in [-0.2, 0) is 24.3 Å². The van der Waals surface area contributed by atoms with Crippen LogP contribution in [0.4, 0.5) is 5.69 Å². The quantitative estimate of drug-likeness (QED) is 0.378. The van der Waals surface area contributed by atoms with Gasteiger partial charge in [0.05, 0.1) is 23.4 Å². The minimum absolute atomic E-state index is 0.122. The molecule has 182 valence electrons. The summed E-state index contributed by atoms with van der Waals surface area (Å²) in [5, 5.41) is 3.83. The Morgan fingerprint density at radius 2 is 1.94 bits per heavy atom. The maximum absolute atomic E-state index is 13.6. The van der Waals surface area contributed by atoms with Gasteiger partial charge in [-0.15, -0.1) is 4.73 Å². The number of benzene rings is 2. The van der Waals surface area contributed by atoms with Crippen molar-refractivity contribution in [3.8, 4) is 0 Å². The van der Waals surface area contributed by atoms with Gasteiger partial charge in [-0.2, -0.15) is 0 Å². The van der Waals surface area contributed by atoms with E-state index < -0.39 is 11.5 Å². The van der Waals surface area contributed by atoms with Gasteiger partial charge in [-0.25, -0.2) is 14.8 Å². The largest absolute Gasteiger partial charge is 0.462 e. The summed E-state index contributed by atoms with van der Waals surface area (Å²) in [6.07, 6.45) is 6.53. The number of aromatic nitrogens is 3. The molecule has 4 aromatic rings. The molecule has 0 radical (unpaired) electrons. The van der Waals surface area contributed by atoms with Gasteiger partial charge >= 0.3 is 11.5 Å². The van der Waals surface area contributed by atoms with Gasteiger partial charge in [-0.05, 0) is 48.6 Å². The van der Waals surface area contributed by atoms with E-state index in [9.17, 15) is 9.59 Å². The molecule has 2 aromatic heterocycles. The second kappa shape index (κ2) is 10.0. The first-order chi connectivity index (χ1) is 17.6. The van der Waals surface area contributed by atoms with Gasteiger partial charge in [0.2, 0.25) is 0 Å². The van der Waals surface area contributed by atoms with Gasteiger partial charge in [0.1, 0.15) is 12.9 Å². The molecule has 8 nitrogen and oxygen atoms in total. The van der Waals surface area contributed by atoms with Gasteiger partial charge in [-0.3, -0.25) is 4.79 Å². The van der Waals surface area contributed by atoms with Gasteiger partial charge in [-0.1, -0.05) is 54.6 Å². The molecule has 1 aliphatic rings. The van der Waals surface area contributed by atoms with E-state index >= 15 is 0 Å². The third-order valence-corrected chi connectivity index (χ3v) is 6.10. The van der Waals surface area contributed by atoms with Crippen LogP contribution in [0.15, 0.2) is 65.7 Å². The zero-order valence-corrected chi connectivity index (χ0v) is 20.2. The number of esters is 1. The van der Waals surface area contributed by atoms with Gasteiger partial charge in [0, 0.05) is 6.54 Å². The molecule has 1 N–H and O–H groups in total. The highest BCUT2D eigenvalue weighted by Crippen LogP contribution is 2.28. The number of allylic oxidation sites excluding steroid dienone is 1. The SMILES string of the molecule is CCOC(=O)c1c(NCc2ccc3c(c2)C=CC3)c2c(C)ncnc2n(OCc2ccccc2)c1=O. The predicted molar refractivity (Wildman–Crippen MR) is 138 cm³/mol. The molecule has 2 heterocycles. The number of anilines is 1. The van der Waals surface area contributed by atoms with Crippen molar-refractivity contribution in [2.24, 2.45) is 0 Å². The van der Waals surface area contributed by atoms with Crippen molar-refractivity contribution in [3.63, 3.8) is 0 Å². The second-order valence-corrected chi connectivity index (χ2v) is 8.48. The summed E-state index contributed by atoms with van der Waals surface area (Å²) in [5.74, 6) is -0.732. The number of carbonyl (C=O) groups is 1. The number of fused-ring (bicyclic) bond motifs is 2. The normalized spacial score (nSPS) is 11.9. The summed E-state index contributed by atoms with van der Waals surface area (Å²) in [5.41, 5.74) is 4.76. The number of carbonyl (C=O) groups excluding carboxylic acids is 1. The van der Waals surface area contributed by atoms with E-state index in [4.69, 9.17) is 9.57 Å². The van der Waals surface area contributed by atoms with Crippen LogP contribution in [0.5, 0.6) is 0 Å². The van der Waals surface area contributed by atoms with Gasteiger partial charge in [0.15, 0.2) is 11.2 Å². The third-order valence-electron chi connectivity index (χ3n) is 6.10. The zero-order valence-electron chi connectivity index (χ0n) is 20.2. The first kappa shape index (κ1) is 23.3. The Balaban J connectivity index is 1.60. The lowest BCUT2D eigenvalue weighted by Crippen LogP contribution is -2.34. The molecule has 0 amide bonds. The van der Waals surface area contributed by atoms with Crippen molar-refractivity contribution in [2.75, 3.05) is 11.9 Å². The fourth-order valence-electron chi connectivity index (χ4n) is 4.34. The Morgan fingerprint density at radius 1 is 1.11 bits per heavy atom. The highest BCUT2D eigenvalue weighted by atomic mass is 16.7. The first-order valence-corrected chi connectivity index (χ1v) is 11.8. The number of rotatable bonds is 8. The molecule has 0 fully saturated rings. The monoisotopic (exact) mass is 482 g/mol. The molecule has 0 aliphatic heterocycles. The van der Waals surface area contributed by atoms with Crippen LogP contribution in [0.3, 0.4) is 0 Å². The molecule has 8 heteroatoms. The number of hydrogen-bond donors (Lipinski definition) is 1. The van der Waals surface area contributed by atoms with E-state index in [-0.39, 0.29) is 24.4 Å². The maximum Gasteiger partial charge on any atom is 0.346 e. The molecular weight excluding hydrogens is 456 g/mol. The Bertz CT molecular complexity index is 1530. The maximum atomic E-state index is 13.6. The van der Waals surface area contributed by atoms with E-state index in [1.807, 2.05) is 36.4 Å². The van der Waals surface area contributed by atoms with Crippen LogP contribution >= 0.6 is 0 Å².